The molecule has 3 nitrogen and oxygen atoms in total. The molecule has 0 aromatic rings. The van der Waals surface area contributed by atoms with E-state index in [0.29, 0.717) is 6.16 Å². The van der Waals surface area contributed by atoms with Crippen LogP contribution in [0.25, 0.3) is 0 Å². The molecule has 0 saturated carbocycles. The highest BCUT2D eigenvalue weighted by Gasteiger charge is 2.21. The Morgan fingerprint density at radius 3 is 1.50 bits per heavy atom. The Morgan fingerprint density at radius 1 is 0.750 bits per heavy atom. The lowest BCUT2D eigenvalue weighted by atomic mass is 10.0. The second-order valence-electron chi connectivity index (χ2n) is 7.28. The van der Waals surface area contributed by atoms with E-state index in [1.54, 1.807) is 0 Å². The molecule has 0 radical (unpaired) electrons. The zero-order valence-corrected chi connectivity index (χ0v) is 17.5. The van der Waals surface area contributed by atoms with Crippen molar-refractivity contribution in [3.8, 4) is 0 Å². The van der Waals surface area contributed by atoms with Crippen LogP contribution in [0.1, 0.15) is 117 Å². The molecule has 0 aliphatic heterocycles. The van der Waals surface area contributed by atoms with Crippen LogP contribution in [0.2, 0.25) is 0 Å². The molecule has 146 valence electrons. The molecule has 4 heteroatoms. The van der Waals surface area contributed by atoms with Gasteiger partial charge in [-0.3, -0.25) is 4.57 Å². The average Bonchev–Trinajstić information content (AvgIpc) is 2.54. The van der Waals surface area contributed by atoms with Gasteiger partial charge in [0.25, 0.3) is 0 Å². The van der Waals surface area contributed by atoms with E-state index in [4.69, 9.17) is 4.52 Å². The zero-order valence-electron chi connectivity index (χ0n) is 16.6. The minimum absolute atomic E-state index is 0.118. The minimum Gasteiger partial charge on any atom is -0.324 e. The lowest BCUT2D eigenvalue weighted by molar-refractivity contribution is 0.185. The minimum atomic E-state index is -3.35. The van der Waals surface area contributed by atoms with Gasteiger partial charge in [0.05, 0.1) is 6.10 Å². The van der Waals surface area contributed by atoms with Crippen LogP contribution in [-0.2, 0) is 9.09 Å². The predicted molar refractivity (Wildman–Crippen MR) is 106 cm³/mol. The van der Waals surface area contributed by atoms with Gasteiger partial charge in [-0.1, -0.05) is 97.3 Å². The third kappa shape index (κ3) is 17.0. The SMILES string of the molecule is CCCCCCCCCCCCCCCCP(=O)(O)OC(C)CC. The van der Waals surface area contributed by atoms with Crippen molar-refractivity contribution in [2.24, 2.45) is 0 Å². The molecule has 0 amide bonds. The summed E-state index contributed by atoms with van der Waals surface area (Å²) in [6.07, 6.45) is 19.1. The third-order valence-corrected chi connectivity index (χ3v) is 6.28. The Kier molecular flexibility index (Phi) is 16.7. The summed E-state index contributed by atoms with van der Waals surface area (Å²) in [5.74, 6) is 0. The fourth-order valence-electron chi connectivity index (χ4n) is 2.91. The van der Waals surface area contributed by atoms with Crippen molar-refractivity contribution in [1.82, 2.24) is 0 Å². The normalized spacial score (nSPS) is 15.3. The number of rotatable bonds is 18. The Labute approximate surface area is 151 Å². The molecular weight excluding hydrogens is 319 g/mol. The van der Waals surface area contributed by atoms with Crippen LogP contribution in [0.4, 0.5) is 0 Å². The summed E-state index contributed by atoms with van der Waals surface area (Å²) < 4.78 is 17.0. The summed E-state index contributed by atoms with van der Waals surface area (Å²) in [6.45, 7) is 6.09. The highest BCUT2D eigenvalue weighted by atomic mass is 31.2. The maximum Gasteiger partial charge on any atom is 0.328 e. The molecule has 0 heterocycles. The van der Waals surface area contributed by atoms with Crippen molar-refractivity contribution < 1.29 is 14.0 Å². The van der Waals surface area contributed by atoms with E-state index in [2.05, 4.69) is 6.92 Å². The van der Waals surface area contributed by atoms with Gasteiger partial charge >= 0.3 is 7.60 Å². The molecular formula is C20H43O3P. The Bertz CT molecular complexity index is 307. The molecule has 2 unspecified atom stereocenters. The highest BCUT2D eigenvalue weighted by Crippen LogP contribution is 2.44. The number of hydrogen-bond donors (Lipinski definition) is 1. The van der Waals surface area contributed by atoms with Crippen LogP contribution in [0.3, 0.4) is 0 Å². The molecule has 0 aliphatic carbocycles. The highest BCUT2D eigenvalue weighted by molar-refractivity contribution is 7.52. The van der Waals surface area contributed by atoms with Crippen LogP contribution < -0.4 is 0 Å². The van der Waals surface area contributed by atoms with E-state index in [1.807, 2.05) is 13.8 Å². The third-order valence-electron chi connectivity index (χ3n) is 4.71. The quantitative estimate of drug-likeness (QED) is 0.203. The van der Waals surface area contributed by atoms with Gasteiger partial charge in [0.1, 0.15) is 0 Å². The van der Waals surface area contributed by atoms with E-state index < -0.39 is 7.60 Å². The lowest BCUT2D eigenvalue weighted by Gasteiger charge is -2.16. The second-order valence-corrected chi connectivity index (χ2v) is 9.21. The van der Waals surface area contributed by atoms with Crippen molar-refractivity contribution >= 4 is 7.60 Å². The van der Waals surface area contributed by atoms with Gasteiger partial charge < -0.3 is 9.42 Å². The van der Waals surface area contributed by atoms with Gasteiger partial charge in [-0.25, -0.2) is 0 Å². The van der Waals surface area contributed by atoms with Gasteiger partial charge in [0, 0.05) is 6.16 Å². The smallest absolute Gasteiger partial charge is 0.324 e. The van der Waals surface area contributed by atoms with Crippen LogP contribution in [0.15, 0.2) is 0 Å². The van der Waals surface area contributed by atoms with E-state index >= 15 is 0 Å². The van der Waals surface area contributed by atoms with E-state index in [1.165, 1.54) is 77.0 Å². The monoisotopic (exact) mass is 362 g/mol. The summed E-state index contributed by atoms with van der Waals surface area (Å²) in [4.78, 5) is 9.74. The van der Waals surface area contributed by atoms with E-state index in [-0.39, 0.29) is 6.10 Å². The van der Waals surface area contributed by atoms with Gasteiger partial charge in [-0.05, 0) is 19.8 Å². The van der Waals surface area contributed by atoms with Crippen molar-refractivity contribution in [1.29, 1.82) is 0 Å². The summed E-state index contributed by atoms with van der Waals surface area (Å²) in [6, 6.07) is 0. The molecule has 0 fully saturated rings. The molecule has 0 aromatic heterocycles. The van der Waals surface area contributed by atoms with Gasteiger partial charge in [0.2, 0.25) is 0 Å². The van der Waals surface area contributed by atoms with Crippen LogP contribution >= 0.6 is 7.60 Å². The first-order valence-electron chi connectivity index (χ1n) is 10.5. The maximum absolute atomic E-state index is 11.8. The molecule has 1 N–H and O–H groups in total. The molecule has 2 atom stereocenters. The Balaban J connectivity index is 3.27. The zero-order chi connectivity index (χ0) is 18.1. The Morgan fingerprint density at radius 2 is 1.12 bits per heavy atom. The fraction of sp³-hybridized carbons (Fsp3) is 1.00. The average molecular weight is 363 g/mol. The summed E-state index contributed by atoms with van der Waals surface area (Å²) >= 11 is 0. The maximum atomic E-state index is 11.8. The van der Waals surface area contributed by atoms with Crippen LogP contribution in [0.5, 0.6) is 0 Å². The predicted octanol–water partition coefficient (Wildman–Crippen LogP) is 7.47. The second kappa shape index (κ2) is 16.6. The first kappa shape index (κ1) is 24.1. The molecule has 0 bridgehead atoms. The molecule has 0 rings (SSSR count). The van der Waals surface area contributed by atoms with E-state index in [9.17, 15) is 9.46 Å². The fourth-order valence-corrected chi connectivity index (χ4v) is 4.35. The first-order valence-corrected chi connectivity index (χ1v) is 12.3. The molecule has 0 spiro atoms. The molecule has 0 aromatic carbocycles. The van der Waals surface area contributed by atoms with Crippen LogP contribution in [0, 0.1) is 0 Å². The summed E-state index contributed by atoms with van der Waals surface area (Å²) in [5, 5.41) is 0. The van der Waals surface area contributed by atoms with Crippen molar-refractivity contribution in [2.75, 3.05) is 6.16 Å². The summed E-state index contributed by atoms with van der Waals surface area (Å²) in [5.41, 5.74) is 0. The lowest BCUT2D eigenvalue weighted by Crippen LogP contribution is -2.06. The number of unbranched alkanes of at least 4 members (excludes halogenated alkanes) is 13. The van der Waals surface area contributed by atoms with Gasteiger partial charge in [0.15, 0.2) is 0 Å². The molecule has 0 saturated heterocycles. The van der Waals surface area contributed by atoms with Gasteiger partial charge in [-0.15, -0.1) is 0 Å². The summed E-state index contributed by atoms with van der Waals surface area (Å²) in [7, 11) is -3.35. The van der Waals surface area contributed by atoms with Crippen molar-refractivity contribution in [2.45, 2.75) is 123 Å². The van der Waals surface area contributed by atoms with E-state index in [0.717, 1.165) is 19.3 Å². The van der Waals surface area contributed by atoms with Crippen LogP contribution in [-0.4, -0.2) is 17.2 Å². The van der Waals surface area contributed by atoms with Crippen molar-refractivity contribution in [3.63, 3.8) is 0 Å². The first-order chi connectivity index (χ1) is 11.5. The number of hydrogen-bond acceptors (Lipinski definition) is 2. The van der Waals surface area contributed by atoms with Gasteiger partial charge in [-0.2, -0.15) is 0 Å². The topological polar surface area (TPSA) is 46.5 Å². The standard InChI is InChI=1S/C20H43O3P/c1-4-6-7-8-9-10-11-12-13-14-15-16-17-18-19-24(21,22)23-20(3)5-2/h20H,4-19H2,1-3H3,(H,21,22). The van der Waals surface area contributed by atoms with Crippen molar-refractivity contribution in [3.05, 3.63) is 0 Å². The molecule has 24 heavy (non-hydrogen) atoms. The largest absolute Gasteiger partial charge is 0.328 e. The Hall–Kier alpha value is 0.150. The molecule has 0 aliphatic rings.